The molecule has 0 unspecified atom stereocenters. The van der Waals surface area contributed by atoms with Crippen molar-refractivity contribution in [3.8, 4) is 0 Å². The summed E-state index contributed by atoms with van der Waals surface area (Å²) in [6.07, 6.45) is 16.8. The Hall–Kier alpha value is -5.43. The predicted octanol–water partition coefficient (Wildman–Crippen LogP) is 5.74. The molecule has 0 bridgehead atoms. The summed E-state index contributed by atoms with van der Waals surface area (Å²) in [4.78, 5) is 130. The number of ether oxygens (including phenoxy) is 4. The van der Waals surface area contributed by atoms with Gasteiger partial charge >= 0.3 is 23.9 Å². The number of ketones is 3. The van der Waals surface area contributed by atoms with Gasteiger partial charge in [-0.1, -0.05) is 90.4 Å². The molecule has 9 N–H and O–H groups in total. The van der Waals surface area contributed by atoms with Gasteiger partial charge in [-0.15, -0.1) is 0 Å². The third-order valence-electron chi connectivity index (χ3n) is 13.3. The number of hydrogen-bond donors (Lipinski definition) is 9. The lowest BCUT2D eigenvalue weighted by molar-refractivity contribution is -0.140. The molecule has 0 radical (unpaired) electrons. The number of carbonyl (C=O) groups is 11. The highest BCUT2D eigenvalue weighted by molar-refractivity contribution is 5.92. The summed E-state index contributed by atoms with van der Waals surface area (Å²) in [6, 6.07) is -0.841. The van der Waals surface area contributed by atoms with Gasteiger partial charge in [-0.2, -0.15) is 0 Å². The molecule has 0 rings (SSSR count). The quantitative estimate of drug-likeness (QED) is 0.0328. The Bertz CT molecular complexity index is 1800. The average molecular weight is 1180 g/mol. The van der Waals surface area contributed by atoms with Crippen LogP contribution in [0.25, 0.3) is 0 Å². The van der Waals surface area contributed by atoms with Crippen molar-refractivity contribution in [3.63, 3.8) is 0 Å². The van der Waals surface area contributed by atoms with Crippen molar-refractivity contribution in [2.75, 3.05) is 79.1 Å². The number of nitrogens with one attached hydrogen (secondary N) is 4. The molecule has 0 aromatic carbocycles. The first-order chi connectivity index (χ1) is 39.3. The molecule has 24 heteroatoms. The van der Waals surface area contributed by atoms with Gasteiger partial charge in [-0.05, 0) is 65.2 Å². The minimum atomic E-state index is -1.15. The summed E-state index contributed by atoms with van der Waals surface area (Å²) in [5.41, 5.74) is 0. The first kappa shape index (κ1) is 78.6. The smallest absolute Gasteiger partial charge is 0.303 e. The van der Waals surface area contributed by atoms with Gasteiger partial charge in [-0.3, -0.25) is 52.7 Å². The molecule has 0 spiro atoms. The van der Waals surface area contributed by atoms with Crippen molar-refractivity contribution in [1.29, 1.82) is 0 Å². The van der Waals surface area contributed by atoms with Crippen LogP contribution < -0.4 is 21.3 Å². The SMILES string of the molecule is CCOCC(=O)NCCOCCOCC(=O)C[C@@H](CCC(=O)O)C(=O)C[C@@H](CCC(=O)O)C(=O)NCCCC[C@H](CC)C(=O)CO.CCOCCNC(=O)[C@H](CCC(=O)O)NC(=O)CCCCCCCCCCCCCCCCC(=O)O. The maximum Gasteiger partial charge on any atom is 0.303 e. The van der Waals surface area contributed by atoms with Crippen LogP contribution in [-0.2, 0) is 71.7 Å². The largest absolute Gasteiger partial charge is 0.481 e. The molecule has 82 heavy (non-hydrogen) atoms. The van der Waals surface area contributed by atoms with Gasteiger partial charge in [0.1, 0.15) is 31.6 Å². The van der Waals surface area contributed by atoms with Gasteiger partial charge in [-0.25, -0.2) is 0 Å². The minimum absolute atomic E-state index is 0.0362. The molecule has 0 aromatic rings. The van der Waals surface area contributed by atoms with Gasteiger partial charge in [0, 0.05) is 95.5 Å². The number of carboxylic acid groups (broad SMARTS) is 4. The summed E-state index contributed by atoms with van der Waals surface area (Å²) in [6.45, 7) is 7.23. The number of rotatable bonds is 57. The first-order valence-electron chi connectivity index (χ1n) is 29.8. The number of Topliss-reactive ketones (excluding diaryl/α,β-unsaturated/α-hetero) is 3. The highest BCUT2D eigenvalue weighted by atomic mass is 16.5. The summed E-state index contributed by atoms with van der Waals surface area (Å²) in [5, 5.41) is 55.5. The molecule has 0 aliphatic rings. The third kappa shape index (κ3) is 50.3. The topological polar surface area (TPSA) is 374 Å². The van der Waals surface area contributed by atoms with Crippen molar-refractivity contribution in [2.24, 2.45) is 17.8 Å². The zero-order valence-corrected chi connectivity index (χ0v) is 49.5. The van der Waals surface area contributed by atoms with Crippen molar-refractivity contribution < 1.29 is 97.2 Å². The molecular formula is C58H102N4O20. The first-order valence-corrected chi connectivity index (χ1v) is 29.8. The minimum Gasteiger partial charge on any atom is -0.481 e. The highest BCUT2D eigenvalue weighted by Crippen LogP contribution is 2.22. The molecule has 0 aromatic heterocycles. The predicted molar refractivity (Wildman–Crippen MR) is 304 cm³/mol. The maximum absolute atomic E-state index is 13.2. The molecule has 0 aliphatic carbocycles. The van der Waals surface area contributed by atoms with E-state index in [1.807, 2.05) is 13.8 Å². The highest BCUT2D eigenvalue weighted by Gasteiger charge is 2.29. The van der Waals surface area contributed by atoms with Gasteiger partial charge in [0.2, 0.25) is 23.6 Å². The lowest BCUT2D eigenvalue weighted by atomic mass is 9.85. The van der Waals surface area contributed by atoms with E-state index in [2.05, 4.69) is 21.3 Å². The van der Waals surface area contributed by atoms with E-state index in [9.17, 15) is 52.7 Å². The normalized spacial score (nSPS) is 12.4. The fourth-order valence-corrected chi connectivity index (χ4v) is 8.55. The molecule has 0 fully saturated rings. The van der Waals surface area contributed by atoms with Crippen LogP contribution in [0.4, 0.5) is 0 Å². The van der Waals surface area contributed by atoms with E-state index >= 15 is 0 Å². The van der Waals surface area contributed by atoms with E-state index < -0.39 is 65.8 Å². The third-order valence-corrected chi connectivity index (χ3v) is 13.3. The second kappa shape index (κ2) is 54.8. The van der Waals surface area contributed by atoms with Crippen LogP contribution in [0, 0.1) is 17.8 Å². The van der Waals surface area contributed by atoms with Crippen LogP contribution in [0.1, 0.15) is 201 Å². The van der Waals surface area contributed by atoms with Crippen LogP contribution in [0.5, 0.6) is 0 Å². The lowest BCUT2D eigenvalue weighted by Gasteiger charge is -2.20. The summed E-state index contributed by atoms with van der Waals surface area (Å²) in [7, 11) is 0. The van der Waals surface area contributed by atoms with E-state index in [1.54, 1.807) is 6.92 Å². The van der Waals surface area contributed by atoms with Crippen molar-refractivity contribution in [1.82, 2.24) is 21.3 Å². The lowest BCUT2D eigenvalue weighted by Crippen LogP contribution is -2.47. The van der Waals surface area contributed by atoms with E-state index in [0.717, 1.165) is 44.9 Å². The monoisotopic (exact) mass is 1170 g/mol. The Morgan fingerprint density at radius 3 is 1.41 bits per heavy atom. The number of amides is 4. The van der Waals surface area contributed by atoms with Gasteiger partial charge < -0.3 is 65.7 Å². The number of hydrogen-bond acceptors (Lipinski definition) is 16. The molecule has 0 saturated carbocycles. The molecule has 0 aliphatic heterocycles. The zero-order chi connectivity index (χ0) is 61.6. The van der Waals surface area contributed by atoms with Crippen molar-refractivity contribution in [3.05, 3.63) is 0 Å². The average Bonchev–Trinajstić information content (AvgIpc) is 3.46. The number of unbranched alkanes of at least 4 members (excludes halogenated alkanes) is 14. The molecule has 24 nitrogen and oxygen atoms in total. The van der Waals surface area contributed by atoms with Crippen LogP contribution in [0.2, 0.25) is 0 Å². The number of carboxylic acids is 4. The van der Waals surface area contributed by atoms with Crippen LogP contribution in [0.3, 0.4) is 0 Å². The van der Waals surface area contributed by atoms with Crippen LogP contribution in [0.15, 0.2) is 0 Å². The number of aliphatic hydroxyl groups is 1. The van der Waals surface area contributed by atoms with Crippen molar-refractivity contribution in [2.45, 2.75) is 207 Å². The molecule has 4 atom stereocenters. The number of aliphatic carboxylic acids is 4. The molecule has 0 heterocycles. The standard InChI is InChI=1S/C31H52N2O13.C27H50N2O7/c1-3-22(27(37)19-34)7-5-6-12-33-31(43)24(9-11-30(41)42)18-26(36)23(8-10-29(39)40)17-25(35)20-46-16-15-45-14-13-32-28(38)21-44-4-2;1-2-36-22-21-28-27(35)23(19-20-26(33)34)29-24(30)17-15-13-11-9-7-5-3-4-6-8-10-12-14-16-18-25(31)32/h22-24,34H,3-21H2,1-2H3,(H,32,38)(H,33,43)(H,39,40)(H,41,42);23H,2-22H2,1H3,(H,28,35)(H,29,30)(H,31,32)(H,33,34)/t22-,23+,24+;23-/m00/s1. The van der Waals surface area contributed by atoms with E-state index in [0.29, 0.717) is 58.5 Å². The summed E-state index contributed by atoms with van der Waals surface area (Å²) >= 11 is 0. The van der Waals surface area contributed by atoms with Gasteiger partial charge in [0.05, 0.1) is 26.4 Å². The Morgan fingerprint density at radius 1 is 0.390 bits per heavy atom. The van der Waals surface area contributed by atoms with Crippen LogP contribution in [-0.4, -0.2) is 176 Å². The molecule has 4 amide bonds. The van der Waals surface area contributed by atoms with Crippen LogP contribution >= 0.6 is 0 Å². The summed E-state index contributed by atoms with van der Waals surface area (Å²) < 4.78 is 20.8. The molecular weight excluding hydrogens is 1070 g/mol. The number of aliphatic hydroxyl groups excluding tert-OH is 1. The number of carbonyl (C=O) groups excluding carboxylic acids is 7. The Labute approximate surface area is 485 Å². The fraction of sp³-hybridized carbons (Fsp3) is 0.810. The Kier molecular flexibility index (Phi) is 52.6. The van der Waals surface area contributed by atoms with Gasteiger partial charge in [0.15, 0.2) is 11.6 Å². The molecule has 474 valence electrons. The Morgan fingerprint density at radius 2 is 0.878 bits per heavy atom. The Balaban J connectivity index is 0. The molecule has 0 saturated heterocycles. The van der Waals surface area contributed by atoms with E-state index in [1.165, 1.54) is 44.9 Å². The second-order valence-corrected chi connectivity index (χ2v) is 20.2. The fourth-order valence-electron chi connectivity index (χ4n) is 8.55. The van der Waals surface area contributed by atoms with E-state index in [-0.39, 0.29) is 133 Å². The van der Waals surface area contributed by atoms with Crippen molar-refractivity contribution >= 4 is 64.9 Å². The van der Waals surface area contributed by atoms with Gasteiger partial charge in [0.25, 0.3) is 0 Å². The maximum atomic E-state index is 13.2. The second-order valence-electron chi connectivity index (χ2n) is 20.2. The van der Waals surface area contributed by atoms with E-state index in [4.69, 9.17) is 44.5 Å². The zero-order valence-electron chi connectivity index (χ0n) is 49.5. The summed E-state index contributed by atoms with van der Waals surface area (Å²) in [5.74, 6) is -8.79.